The summed E-state index contributed by atoms with van der Waals surface area (Å²) in [4.78, 5) is 55.3. The number of nitrogens with zero attached hydrogens (tertiary/aromatic N) is 3. The molecule has 2 unspecified atom stereocenters. The number of carbonyl (C=O) groups is 4. The molecular weight excluding hydrogens is 562 g/mol. The van der Waals surface area contributed by atoms with Crippen molar-refractivity contribution < 1.29 is 28.7 Å². The predicted octanol–water partition coefficient (Wildman–Crippen LogP) is 3.28. The van der Waals surface area contributed by atoms with Gasteiger partial charge >= 0.3 is 6.09 Å². The van der Waals surface area contributed by atoms with Crippen LogP contribution in [0.25, 0.3) is 0 Å². The molecule has 0 aliphatic carbocycles. The number of alkyl carbamates (subject to hydrolysis) is 1. The van der Waals surface area contributed by atoms with Crippen LogP contribution in [-0.4, -0.2) is 83.4 Å². The van der Waals surface area contributed by atoms with E-state index in [1.165, 1.54) is 18.9 Å². The summed E-state index contributed by atoms with van der Waals surface area (Å²) in [6.07, 6.45) is 0.0651. The Morgan fingerprint density at radius 2 is 1.59 bits per heavy atom. The van der Waals surface area contributed by atoms with E-state index in [9.17, 15) is 19.2 Å². The van der Waals surface area contributed by atoms with Crippen LogP contribution in [0.2, 0.25) is 0 Å². The molecule has 4 rings (SSSR count). The zero-order valence-corrected chi connectivity index (χ0v) is 26.4. The van der Waals surface area contributed by atoms with Gasteiger partial charge in [-0.25, -0.2) is 9.80 Å². The lowest BCUT2D eigenvalue weighted by atomic mass is 9.73. The Morgan fingerprint density at radius 1 is 0.977 bits per heavy atom. The van der Waals surface area contributed by atoms with Crippen molar-refractivity contribution in [2.75, 3.05) is 26.7 Å². The fraction of sp³-hybridized carbons (Fsp3) is 0.485. The molecule has 2 aromatic rings. The van der Waals surface area contributed by atoms with Gasteiger partial charge in [-0.2, -0.15) is 5.10 Å². The van der Waals surface area contributed by atoms with Crippen molar-refractivity contribution in [1.82, 2.24) is 20.5 Å². The van der Waals surface area contributed by atoms with E-state index >= 15 is 0 Å². The molecular formula is C33H43N5O6. The van der Waals surface area contributed by atoms with Crippen molar-refractivity contribution in [3.05, 3.63) is 71.8 Å². The number of likely N-dealkylation sites (tertiary alicyclic amines) is 1. The number of nitrogens with one attached hydrogen (secondary N) is 2. The summed E-state index contributed by atoms with van der Waals surface area (Å²) in [5.41, 5.74) is -0.525. The molecule has 0 radical (unpaired) electrons. The Labute approximate surface area is 258 Å². The third kappa shape index (κ3) is 7.82. The van der Waals surface area contributed by atoms with Crippen LogP contribution in [0.1, 0.15) is 52.2 Å². The summed E-state index contributed by atoms with van der Waals surface area (Å²) >= 11 is 0. The molecule has 236 valence electrons. The van der Waals surface area contributed by atoms with E-state index in [0.717, 1.165) is 16.8 Å². The molecule has 1 saturated heterocycles. The van der Waals surface area contributed by atoms with Crippen LogP contribution in [-0.2, 0) is 36.9 Å². The van der Waals surface area contributed by atoms with Crippen LogP contribution in [0, 0.1) is 5.41 Å². The fourth-order valence-electron chi connectivity index (χ4n) is 5.43. The molecule has 0 bridgehead atoms. The number of fused-ring (bicyclic) bond motifs is 1. The van der Waals surface area contributed by atoms with E-state index in [4.69, 9.17) is 9.47 Å². The highest BCUT2D eigenvalue weighted by Crippen LogP contribution is 2.38. The number of hydrogen-bond acceptors (Lipinski definition) is 7. The maximum Gasteiger partial charge on any atom is 0.408 e. The van der Waals surface area contributed by atoms with Gasteiger partial charge in [0, 0.05) is 26.6 Å². The van der Waals surface area contributed by atoms with Crippen molar-refractivity contribution in [2.45, 2.75) is 71.2 Å². The summed E-state index contributed by atoms with van der Waals surface area (Å²) < 4.78 is 11.3. The lowest BCUT2D eigenvalue weighted by molar-refractivity contribution is -0.144. The van der Waals surface area contributed by atoms with Gasteiger partial charge in [-0.1, -0.05) is 60.7 Å². The SMILES string of the molecule is CN1N=C2CCN(C(=O)C(COCc3ccccc3)NC(=O)C(C)(C)NC(=O)OC(C)(C)C)CC2(Cc2ccccc2)C1=O. The van der Waals surface area contributed by atoms with Crippen molar-refractivity contribution in [1.29, 1.82) is 0 Å². The number of carbonyl (C=O) groups excluding carboxylic acids is 4. The van der Waals surface area contributed by atoms with E-state index < -0.39 is 34.6 Å². The number of benzene rings is 2. The van der Waals surface area contributed by atoms with E-state index in [1.54, 1.807) is 32.7 Å². The Morgan fingerprint density at radius 3 is 2.20 bits per heavy atom. The first kappa shape index (κ1) is 32.7. The van der Waals surface area contributed by atoms with Gasteiger partial charge in [0.1, 0.15) is 22.6 Å². The highest BCUT2D eigenvalue weighted by atomic mass is 16.6. The highest BCUT2D eigenvalue weighted by Gasteiger charge is 2.54. The molecule has 2 heterocycles. The molecule has 1 fully saturated rings. The topological polar surface area (TPSA) is 130 Å². The average Bonchev–Trinajstić information content (AvgIpc) is 3.20. The van der Waals surface area contributed by atoms with Crippen molar-refractivity contribution in [3.8, 4) is 0 Å². The number of amides is 4. The summed E-state index contributed by atoms with van der Waals surface area (Å²) in [5, 5.41) is 11.3. The average molecular weight is 606 g/mol. The quantitative estimate of drug-likeness (QED) is 0.428. The first-order chi connectivity index (χ1) is 20.7. The fourth-order valence-corrected chi connectivity index (χ4v) is 5.43. The Kier molecular flexibility index (Phi) is 9.78. The molecule has 2 N–H and O–H groups in total. The largest absolute Gasteiger partial charge is 0.444 e. The normalized spacial score (nSPS) is 19.1. The van der Waals surface area contributed by atoms with E-state index in [0.29, 0.717) is 19.4 Å². The number of hydrogen-bond donors (Lipinski definition) is 2. The van der Waals surface area contributed by atoms with Gasteiger partial charge in [-0.05, 0) is 52.2 Å². The Balaban J connectivity index is 1.54. The molecule has 2 aromatic carbocycles. The van der Waals surface area contributed by atoms with E-state index in [2.05, 4.69) is 15.7 Å². The lowest BCUT2D eigenvalue weighted by Crippen LogP contribution is -2.63. The van der Waals surface area contributed by atoms with Gasteiger partial charge in [0.15, 0.2) is 0 Å². The van der Waals surface area contributed by atoms with Crippen molar-refractivity contribution in [2.24, 2.45) is 10.5 Å². The van der Waals surface area contributed by atoms with E-state index in [-0.39, 0.29) is 31.6 Å². The maximum absolute atomic E-state index is 14.1. The molecule has 44 heavy (non-hydrogen) atoms. The van der Waals surface area contributed by atoms with Gasteiger partial charge < -0.3 is 25.0 Å². The van der Waals surface area contributed by atoms with Crippen LogP contribution in [0.15, 0.2) is 65.8 Å². The second-order valence-corrected chi connectivity index (χ2v) is 12.9. The molecule has 0 saturated carbocycles. The summed E-state index contributed by atoms with van der Waals surface area (Å²) in [5.74, 6) is -1.13. The zero-order valence-electron chi connectivity index (χ0n) is 26.4. The molecule has 11 nitrogen and oxygen atoms in total. The first-order valence-electron chi connectivity index (χ1n) is 14.8. The maximum atomic E-state index is 14.1. The minimum atomic E-state index is -1.40. The van der Waals surface area contributed by atoms with Gasteiger partial charge in [0.2, 0.25) is 11.8 Å². The molecule has 4 amide bonds. The second kappa shape index (κ2) is 13.2. The Hall–Kier alpha value is -4.25. The van der Waals surface area contributed by atoms with Crippen LogP contribution in [0.4, 0.5) is 4.79 Å². The number of rotatable bonds is 10. The molecule has 0 aromatic heterocycles. The lowest BCUT2D eigenvalue weighted by Gasteiger charge is -2.41. The molecule has 11 heteroatoms. The molecule has 2 aliphatic rings. The molecule has 2 aliphatic heterocycles. The van der Waals surface area contributed by atoms with Crippen LogP contribution < -0.4 is 10.6 Å². The minimum absolute atomic E-state index is 0.112. The van der Waals surface area contributed by atoms with Crippen LogP contribution in [0.3, 0.4) is 0 Å². The minimum Gasteiger partial charge on any atom is -0.444 e. The first-order valence-corrected chi connectivity index (χ1v) is 14.8. The monoisotopic (exact) mass is 605 g/mol. The van der Waals surface area contributed by atoms with E-state index in [1.807, 2.05) is 60.7 Å². The third-order valence-electron chi connectivity index (χ3n) is 7.65. The number of piperidine rings is 1. The summed E-state index contributed by atoms with van der Waals surface area (Å²) in [6, 6.07) is 18.1. The predicted molar refractivity (Wildman–Crippen MR) is 165 cm³/mol. The second-order valence-electron chi connectivity index (χ2n) is 12.9. The zero-order chi connectivity index (χ0) is 32.1. The van der Waals surface area contributed by atoms with Crippen LogP contribution >= 0.6 is 0 Å². The highest BCUT2D eigenvalue weighted by molar-refractivity contribution is 6.13. The standard InChI is InChI=1S/C33H43N5O6/c1-31(2,3)44-30(42)35-32(4,5)28(40)34-25(21-43-20-24-15-11-8-12-16-24)27(39)38-18-17-26-33(22-38,29(41)37(6)36-26)19-23-13-9-7-10-14-23/h7-16,25H,17-22H2,1-6H3,(H,34,40)(H,35,42). The van der Waals surface area contributed by atoms with Crippen molar-refractivity contribution in [3.63, 3.8) is 0 Å². The smallest absolute Gasteiger partial charge is 0.408 e. The van der Waals surface area contributed by atoms with Gasteiger partial charge in [-0.3, -0.25) is 14.4 Å². The Bertz CT molecular complexity index is 1390. The molecule has 0 spiro atoms. The summed E-state index contributed by atoms with van der Waals surface area (Å²) in [6.45, 7) is 8.82. The number of hydrazone groups is 1. The van der Waals surface area contributed by atoms with Gasteiger partial charge in [-0.15, -0.1) is 0 Å². The van der Waals surface area contributed by atoms with Crippen LogP contribution in [0.5, 0.6) is 0 Å². The molecule has 2 atom stereocenters. The summed E-state index contributed by atoms with van der Waals surface area (Å²) in [7, 11) is 1.63. The van der Waals surface area contributed by atoms with Gasteiger partial charge in [0.25, 0.3) is 5.91 Å². The third-order valence-corrected chi connectivity index (χ3v) is 7.65. The number of ether oxygens (including phenoxy) is 2. The van der Waals surface area contributed by atoms with Gasteiger partial charge in [0.05, 0.1) is 18.9 Å². The van der Waals surface area contributed by atoms with Crippen molar-refractivity contribution >= 4 is 29.5 Å².